The SMILES string of the molecule is Cc1ccc(C)c(OCC(=O)NCC2(CO)CC2)c1. The molecule has 0 saturated heterocycles. The summed E-state index contributed by atoms with van der Waals surface area (Å²) in [6.45, 7) is 4.65. The molecule has 1 fully saturated rings. The molecule has 1 amide bonds. The molecule has 0 radical (unpaired) electrons. The van der Waals surface area contributed by atoms with E-state index in [2.05, 4.69) is 5.32 Å². The maximum absolute atomic E-state index is 11.7. The van der Waals surface area contributed by atoms with E-state index in [4.69, 9.17) is 9.84 Å². The number of hydrogen-bond acceptors (Lipinski definition) is 3. The van der Waals surface area contributed by atoms with E-state index in [1.165, 1.54) is 0 Å². The van der Waals surface area contributed by atoms with Gasteiger partial charge in [-0.25, -0.2) is 0 Å². The van der Waals surface area contributed by atoms with Gasteiger partial charge in [-0.3, -0.25) is 4.79 Å². The second-order valence-corrected chi connectivity index (χ2v) is 5.49. The first-order valence-corrected chi connectivity index (χ1v) is 6.62. The van der Waals surface area contributed by atoms with Crippen molar-refractivity contribution in [1.82, 2.24) is 5.32 Å². The van der Waals surface area contributed by atoms with Gasteiger partial charge in [0.1, 0.15) is 5.75 Å². The molecule has 0 atom stereocenters. The summed E-state index contributed by atoms with van der Waals surface area (Å²) in [6.07, 6.45) is 1.98. The molecule has 4 nitrogen and oxygen atoms in total. The number of aliphatic hydroxyl groups is 1. The smallest absolute Gasteiger partial charge is 0.257 e. The average molecular weight is 263 g/mol. The lowest BCUT2D eigenvalue weighted by Crippen LogP contribution is -2.35. The number of carbonyl (C=O) groups is 1. The molecule has 1 aliphatic carbocycles. The van der Waals surface area contributed by atoms with Crippen LogP contribution in [0.2, 0.25) is 0 Å². The van der Waals surface area contributed by atoms with E-state index in [0.717, 1.165) is 29.7 Å². The van der Waals surface area contributed by atoms with Gasteiger partial charge in [0, 0.05) is 12.0 Å². The molecule has 19 heavy (non-hydrogen) atoms. The Morgan fingerprint density at radius 2 is 2.16 bits per heavy atom. The monoisotopic (exact) mass is 263 g/mol. The van der Waals surface area contributed by atoms with Gasteiger partial charge in [0.25, 0.3) is 5.91 Å². The average Bonchev–Trinajstić information content (AvgIpc) is 3.18. The summed E-state index contributed by atoms with van der Waals surface area (Å²) in [5.41, 5.74) is 2.07. The van der Waals surface area contributed by atoms with Crippen molar-refractivity contribution in [2.75, 3.05) is 19.8 Å². The van der Waals surface area contributed by atoms with Crippen molar-refractivity contribution < 1.29 is 14.6 Å². The molecule has 0 aliphatic heterocycles. The zero-order valence-electron chi connectivity index (χ0n) is 11.5. The molecular formula is C15H21NO3. The van der Waals surface area contributed by atoms with Crippen LogP contribution in [0.3, 0.4) is 0 Å². The van der Waals surface area contributed by atoms with Crippen molar-refractivity contribution in [3.63, 3.8) is 0 Å². The zero-order chi connectivity index (χ0) is 13.9. The predicted octanol–water partition coefficient (Wildman–Crippen LogP) is 1.57. The molecule has 4 heteroatoms. The van der Waals surface area contributed by atoms with Crippen LogP contribution in [-0.2, 0) is 4.79 Å². The summed E-state index contributed by atoms with van der Waals surface area (Å²) in [7, 11) is 0. The normalized spacial score (nSPS) is 15.9. The van der Waals surface area contributed by atoms with Gasteiger partial charge in [-0.05, 0) is 43.9 Å². The number of aliphatic hydroxyl groups excluding tert-OH is 1. The predicted molar refractivity (Wildman–Crippen MR) is 73.2 cm³/mol. The number of hydrogen-bond donors (Lipinski definition) is 2. The van der Waals surface area contributed by atoms with Crippen LogP contribution < -0.4 is 10.1 Å². The number of benzene rings is 1. The van der Waals surface area contributed by atoms with Crippen LogP contribution >= 0.6 is 0 Å². The van der Waals surface area contributed by atoms with Gasteiger partial charge < -0.3 is 15.2 Å². The Bertz CT molecular complexity index is 466. The Labute approximate surface area is 113 Å². The fourth-order valence-electron chi connectivity index (χ4n) is 1.91. The van der Waals surface area contributed by atoms with Gasteiger partial charge in [0.15, 0.2) is 6.61 Å². The Morgan fingerprint density at radius 3 is 2.79 bits per heavy atom. The Balaban J connectivity index is 1.78. The first-order valence-electron chi connectivity index (χ1n) is 6.62. The van der Waals surface area contributed by atoms with Gasteiger partial charge in [0.2, 0.25) is 0 Å². The molecule has 2 rings (SSSR count). The minimum absolute atomic E-state index is 0.0196. The third-order valence-electron chi connectivity index (χ3n) is 3.66. The molecule has 1 aromatic carbocycles. The Kier molecular flexibility index (Phi) is 4.10. The Hall–Kier alpha value is -1.55. The highest BCUT2D eigenvalue weighted by atomic mass is 16.5. The number of carbonyl (C=O) groups excluding carboxylic acids is 1. The van der Waals surface area contributed by atoms with Crippen LogP contribution in [0.1, 0.15) is 24.0 Å². The molecule has 0 spiro atoms. The van der Waals surface area contributed by atoms with Crippen LogP contribution in [0, 0.1) is 19.3 Å². The quantitative estimate of drug-likeness (QED) is 0.819. The maximum atomic E-state index is 11.7. The van der Waals surface area contributed by atoms with Gasteiger partial charge in [0.05, 0.1) is 6.61 Å². The first-order chi connectivity index (χ1) is 9.04. The molecule has 1 aromatic rings. The largest absolute Gasteiger partial charge is 0.483 e. The highest BCUT2D eigenvalue weighted by Crippen LogP contribution is 2.44. The summed E-state index contributed by atoms with van der Waals surface area (Å²) < 4.78 is 5.52. The summed E-state index contributed by atoms with van der Waals surface area (Å²) in [5.74, 6) is 0.610. The van der Waals surface area contributed by atoms with E-state index in [1.54, 1.807) is 0 Å². The standard InChI is InChI=1S/C15H21NO3/c1-11-3-4-12(2)13(7-11)19-8-14(18)16-9-15(10-17)5-6-15/h3-4,7,17H,5-6,8-10H2,1-2H3,(H,16,18). The fourth-order valence-corrected chi connectivity index (χ4v) is 1.91. The van der Waals surface area contributed by atoms with E-state index in [1.807, 2.05) is 32.0 Å². The van der Waals surface area contributed by atoms with Crippen molar-refractivity contribution in [1.29, 1.82) is 0 Å². The van der Waals surface area contributed by atoms with Gasteiger partial charge in [-0.1, -0.05) is 12.1 Å². The third-order valence-corrected chi connectivity index (χ3v) is 3.66. The number of rotatable bonds is 6. The second-order valence-electron chi connectivity index (χ2n) is 5.49. The van der Waals surface area contributed by atoms with Crippen LogP contribution in [0.4, 0.5) is 0 Å². The maximum Gasteiger partial charge on any atom is 0.257 e. The fraction of sp³-hybridized carbons (Fsp3) is 0.533. The van der Waals surface area contributed by atoms with E-state index in [9.17, 15) is 4.79 Å². The summed E-state index contributed by atoms with van der Waals surface area (Å²) in [6, 6.07) is 5.92. The van der Waals surface area contributed by atoms with Crippen molar-refractivity contribution in [3.8, 4) is 5.75 Å². The second kappa shape index (κ2) is 5.61. The highest BCUT2D eigenvalue weighted by molar-refractivity contribution is 5.77. The highest BCUT2D eigenvalue weighted by Gasteiger charge is 2.42. The molecular weight excluding hydrogens is 242 g/mol. The molecule has 0 bridgehead atoms. The number of nitrogens with one attached hydrogen (secondary N) is 1. The lowest BCUT2D eigenvalue weighted by Gasteiger charge is -2.14. The van der Waals surface area contributed by atoms with Crippen LogP contribution in [0.15, 0.2) is 18.2 Å². The zero-order valence-corrected chi connectivity index (χ0v) is 11.5. The summed E-state index contributed by atoms with van der Waals surface area (Å²) in [4.78, 5) is 11.7. The number of ether oxygens (including phenoxy) is 1. The minimum atomic E-state index is -0.138. The molecule has 1 saturated carbocycles. The van der Waals surface area contributed by atoms with Crippen molar-refractivity contribution in [3.05, 3.63) is 29.3 Å². The van der Waals surface area contributed by atoms with Crippen LogP contribution in [0.25, 0.3) is 0 Å². The van der Waals surface area contributed by atoms with Gasteiger partial charge in [-0.2, -0.15) is 0 Å². The van der Waals surface area contributed by atoms with Gasteiger partial charge >= 0.3 is 0 Å². The van der Waals surface area contributed by atoms with Crippen LogP contribution in [0.5, 0.6) is 5.75 Å². The topological polar surface area (TPSA) is 58.6 Å². The van der Waals surface area contributed by atoms with E-state index >= 15 is 0 Å². The van der Waals surface area contributed by atoms with Crippen molar-refractivity contribution >= 4 is 5.91 Å². The molecule has 0 heterocycles. The van der Waals surface area contributed by atoms with E-state index < -0.39 is 0 Å². The molecule has 2 N–H and O–H groups in total. The summed E-state index contributed by atoms with van der Waals surface area (Å²) >= 11 is 0. The Morgan fingerprint density at radius 1 is 1.42 bits per heavy atom. The van der Waals surface area contributed by atoms with Crippen LogP contribution in [-0.4, -0.2) is 30.8 Å². The molecule has 104 valence electrons. The molecule has 0 unspecified atom stereocenters. The number of aryl methyl sites for hydroxylation is 2. The molecule has 0 aromatic heterocycles. The lowest BCUT2D eigenvalue weighted by molar-refractivity contribution is -0.123. The number of amides is 1. The van der Waals surface area contributed by atoms with Crippen molar-refractivity contribution in [2.45, 2.75) is 26.7 Å². The lowest BCUT2D eigenvalue weighted by atomic mass is 10.1. The van der Waals surface area contributed by atoms with E-state index in [-0.39, 0.29) is 24.5 Å². The molecule has 1 aliphatic rings. The summed E-state index contributed by atoms with van der Waals surface area (Å²) in [5, 5.41) is 12.0. The third kappa shape index (κ3) is 3.70. The minimum Gasteiger partial charge on any atom is -0.483 e. The van der Waals surface area contributed by atoms with Crippen molar-refractivity contribution in [2.24, 2.45) is 5.41 Å². The first kappa shape index (κ1) is 13.9. The van der Waals surface area contributed by atoms with Gasteiger partial charge in [-0.15, -0.1) is 0 Å². The van der Waals surface area contributed by atoms with E-state index in [0.29, 0.717) is 6.54 Å².